The number of benzene rings is 2. The molecule has 9 nitrogen and oxygen atoms in total. The molecule has 0 unspecified atom stereocenters. The molecular weight excluding hydrogens is 403 g/mol. The van der Waals surface area contributed by atoms with Crippen LogP contribution in [0.1, 0.15) is 24.3 Å². The molecule has 0 bridgehead atoms. The van der Waals surface area contributed by atoms with Crippen molar-refractivity contribution in [2.75, 3.05) is 12.4 Å². The van der Waals surface area contributed by atoms with E-state index in [4.69, 9.17) is 4.74 Å². The van der Waals surface area contributed by atoms with Gasteiger partial charge in [-0.2, -0.15) is 14.5 Å². The van der Waals surface area contributed by atoms with Gasteiger partial charge in [-0.1, -0.05) is 6.07 Å². The highest BCUT2D eigenvalue weighted by Gasteiger charge is 2.24. The molecule has 4 aromatic rings. The lowest BCUT2D eigenvalue weighted by atomic mass is 10.1. The first-order chi connectivity index (χ1) is 15.0. The number of nitrogens with zero attached hydrogens (tertiary/aromatic N) is 5. The predicted molar refractivity (Wildman–Crippen MR) is 112 cm³/mol. The van der Waals surface area contributed by atoms with E-state index in [9.17, 15) is 14.5 Å². The molecule has 1 fully saturated rings. The summed E-state index contributed by atoms with van der Waals surface area (Å²) in [4.78, 5) is 18.9. The molecule has 2 aromatic carbocycles. The van der Waals surface area contributed by atoms with Gasteiger partial charge < -0.3 is 10.1 Å². The Balaban J connectivity index is 1.49. The van der Waals surface area contributed by atoms with E-state index in [0.717, 1.165) is 23.0 Å². The zero-order chi connectivity index (χ0) is 21.5. The summed E-state index contributed by atoms with van der Waals surface area (Å²) in [6, 6.07) is 9.99. The number of methoxy groups -OCH3 is 1. The van der Waals surface area contributed by atoms with Crippen LogP contribution >= 0.6 is 0 Å². The number of fused-ring (bicyclic) bond motifs is 1. The average Bonchev–Trinajstić information content (AvgIpc) is 3.53. The van der Waals surface area contributed by atoms with Crippen LogP contribution in [-0.4, -0.2) is 31.8 Å². The molecule has 1 saturated carbocycles. The molecule has 0 aliphatic heterocycles. The Morgan fingerprint density at radius 2 is 2.10 bits per heavy atom. The van der Waals surface area contributed by atoms with Crippen LogP contribution in [0.5, 0.6) is 5.75 Å². The lowest BCUT2D eigenvalue weighted by Crippen LogP contribution is -2.05. The fraction of sp³-hybridized carbons (Fsp3) is 0.190. The van der Waals surface area contributed by atoms with Gasteiger partial charge in [-0.15, -0.1) is 0 Å². The van der Waals surface area contributed by atoms with Crippen molar-refractivity contribution in [1.82, 2.24) is 19.7 Å². The van der Waals surface area contributed by atoms with E-state index in [2.05, 4.69) is 32.5 Å². The van der Waals surface area contributed by atoms with Gasteiger partial charge in [0.15, 0.2) is 5.82 Å². The zero-order valence-electron chi connectivity index (χ0n) is 16.4. The molecule has 0 atom stereocenters. The Morgan fingerprint density at radius 3 is 2.84 bits per heavy atom. The van der Waals surface area contributed by atoms with Crippen molar-refractivity contribution in [3.05, 3.63) is 70.3 Å². The Kier molecular flexibility index (Phi) is 4.46. The first kappa shape index (κ1) is 18.9. The first-order valence-electron chi connectivity index (χ1n) is 9.63. The standard InChI is InChI=1S/C21H17FN6O3/c1-31-19-9-15(22)18(28(29)30)10-16(19)25-21-23-7-6-20(26-21)27-17-5-4-13(12-2-3-12)8-14(17)11-24-27/h4-12H,2-3H2,1H3,(H,23,25,26). The van der Waals surface area contributed by atoms with E-state index >= 15 is 0 Å². The average molecular weight is 420 g/mol. The number of ether oxygens (including phenoxy) is 1. The van der Waals surface area contributed by atoms with Crippen molar-refractivity contribution >= 4 is 28.2 Å². The number of nitro benzene ring substituents is 1. The summed E-state index contributed by atoms with van der Waals surface area (Å²) in [7, 11) is 1.34. The third kappa shape index (κ3) is 3.52. The molecule has 1 aliphatic rings. The number of hydrogen-bond donors (Lipinski definition) is 1. The van der Waals surface area contributed by atoms with Crippen LogP contribution in [0.4, 0.5) is 21.7 Å². The van der Waals surface area contributed by atoms with E-state index in [1.807, 2.05) is 6.07 Å². The second-order valence-electron chi connectivity index (χ2n) is 7.27. The van der Waals surface area contributed by atoms with Crippen LogP contribution in [0.2, 0.25) is 0 Å². The third-order valence-electron chi connectivity index (χ3n) is 5.21. The van der Waals surface area contributed by atoms with E-state index < -0.39 is 16.4 Å². The van der Waals surface area contributed by atoms with Gasteiger partial charge in [-0.05, 0) is 36.5 Å². The molecule has 0 amide bonds. The summed E-state index contributed by atoms with van der Waals surface area (Å²) in [6.07, 6.45) is 5.79. The highest BCUT2D eigenvalue weighted by molar-refractivity contribution is 5.81. The predicted octanol–water partition coefficient (Wildman–Crippen LogP) is 4.49. The van der Waals surface area contributed by atoms with Crippen molar-refractivity contribution in [2.45, 2.75) is 18.8 Å². The highest BCUT2D eigenvalue weighted by atomic mass is 19.1. The summed E-state index contributed by atoms with van der Waals surface area (Å²) in [6.45, 7) is 0. The Hall–Kier alpha value is -4.08. The monoisotopic (exact) mass is 420 g/mol. The number of nitrogens with one attached hydrogen (secondary N) is 1. The quantitative estimate of drug-likeness (QED) is 0.362. The Bertz CT molecular complexity index is 1320. The van der Waals surface area contributed by atoms with E-state index in [0.29, 0.717) is 11.7 Å². The summed E-state index contributed by atoms with van der Waals surface area (Å²) < 4.78 is 20.7. The van der Waals surface area contributed by atoms with Crippen LogP contribution in [0.25, 0.3) is 16.7 Å². The van der Waals surface area contributed by atoms with Gasteiger partial charge in [0, 0.05) is 29.8 Å². The Morgan fingerprint density at radius 1 is 1.26 bits per heavy atom. The largest absolute Gasteiger partial charge is 0.494 e. The fourth-order valence-electron chi connectivity index (χ4n) is 3.50. The van der Waals surface area contributed by atoms with Gasteiger partial charge in [0.05, 0.1) is 29.4 Å². The summed E-state index contributed by atoms with van der Waals surface area (Å²) in [5.74, 6) is 0.430. The molecule has 31 heavy (non-hydrogen) atoms. The molecule has 0 spiro atoms. The maximum absolute atomic E-state index is 13.9. The summed E-state index contributed by atoms with van der Waals surface area (Å²) in [5.41, 5.74) is 1.72. The van der Waals surface area contributed by atoms with Crippen molar-refractivity contribution < 1.29 is 14.1 Å². The van der Waals surface area contributed by atoms with Crippen LogP contribution in [0.15, 0.2) is 48.8 Å². The molecule has 5 rings (SSSR count). The number of halogens is 1. The molecule has 0 saturated heterocycles. The van der Waals surface area contributed by atoms with Crippen LogP contribution in [-0.2, 0) is 0 Å². The third-order valence-corrected chi connectivity index (χ3v) is 5.21. The molecule has 2 heterocycles. The number of aromatic nitrogens is 4. The number of nitro groups is 1. The summed E-state index contributed by atoms with van der Waals surface area (Å²) in [5, 5.41) is 19.4. The molecule has 1 N–H and O–H groups in total. The molecule has 1 aliphatic carbocycles. The van der Waals surface area contributed by atoms with Gasteiger partial charge >= 0.3 is 5.69 Å². The van der Waals surface area contributed by atoms with Crippen molar-refractivity contribution in [3.8, 4) is 11.6 Å². The minimum atomic E-state index is -0.990. The molecular formula is C21H17FN6O3. The zero-order valence-corrected chi connectivity index (χ0v) is 16.4. The highest BCUT2D eigenvalue weighted by Crippen LogP contribution is 2.41. The van der Waals surface area contributed by atoms with E-state index in [1.54, 1.807) is 23.1 Å². The molecule has 2 aromatic heterocycles. The lowest BCUT2D eigenvalue weighted by Gasteiger charge is -2.11. The number of anilines is 2. The minimum absolute atomic E-state index is 0.0919. The van der Waals surface area contributed by atoms with Crippen molar-refractivity contribution in [1.29, 1.82) is 0 Å². The maximum Gasteiger partial charge on any atom is 0.307 e. The fourth-order valence-corrected chi connectivity index (χ4v) is 3.50. The molecule has 10 heteroatoms. The van der Waals surface area contributed by atoms with Gasteiger partial charge in [-0.25, -0.2) is 9.67 Å². The molecule has 0 radical (unpaired) electrons. The number of hydrogen-bond acceptors (Lipinski definition) is 7. The SMILES string of the molecule is COc1cc(F)c([N+](=O)[O-])cc1Nc1nccc(-n2ncc3cc(C4CC4)ccc32)n1. The maximum atomic E-state index is 13.9. The van der Waals surface area contributed by atoms with Crippen LogP contribution in [0, 0.1) is 15.9 Å². The van der Waals surface area contributed by atoms with Crippen LogP contribution < -0.4 is 10.1 Å². The van der Waals surface area contributed by atoms with Crippen LogP contribution in [0.3, 0.4) is 0 Å². The van der Waals surface area contributed by atoms with Gasteiger partial charge in [-0.3, -0.25) is 10.1 Å². The van der Waals surface area contributed by atoms with Crippen molar-refractivity contribution in [2.24, 2.45) is 0 Å². The Labute approximate surface area is 175 Å². The van der Waals surface area contributed by atoms with Gasteiger partial charge in [0.2, 0.25) is 11.8 Å². The van der Waals surface area contributed by atoms with Crippen molar-refractivity contribution in [3.63, 3.8) is 0 Å². The minimum Gasteiger partial charge on any atom is -0.494 e. The van der Waals surface area contributed by atoms with E-state index in [1.165, 1.54) is 25.5 Å². The smallest absolute Gasteiger partial charge is 0.307 e. The van der Waals surface area contributed by atoms with E-state index in [-0.39, 0.29) is 17.4 Å². The lowest BCUT2D eigenvalue weighted by molar-refractivity contribution is -0.387. The normalized spacial score (nSPS) is 13.4. The van der Waals surface area contributed by atoms with Gasteiger partial charge in [0.1, 0.15) is 5.75 Å². The first-order valence-corrected chi connectivity index (χ1v) is 9.63. The summed E-state index contributed by atoms with van der Waals surface area (Å²) >= 11 is 0. The second kappa shape index (κ2) is 7.31. The number of rotatable bonds is 6. The second-order valence-corrected chi connectivity index (χ2v) is 7.27. The topological polar surface area (TPSA) is 108 Å². The van der Waals surface area contributed by atoms with Gasteiger partial charge in [0.25, 0.3) is 0 Å². The molecule has 156 valence electrons.